The van der Waals surface area contributed by atoms with Gasteiger partial charge in [-0.3, -0.25) is 14.9 Å². The van der Waals surface area contributed by atoms with Crippen LogP contribution in [0.25, 0.3) is 22.6 Å². The lowest BCUT2D eigenvalue weighted by Crippen LogP contribution is -2.36. The number of anilines is 2. The molecule has 0 saturated carbocycles. The Kier molecular flexibility index (Phi) is 6.39. The van der Waals surface area contributed by atoms with E-state index in [0.29, 0.717) is 60.6 Å². The smallest absolute Gasteiger partial charge is 0.293 e. The van der Waals surface area contributed by atoms with Crippen LogP contribution in [0, 0.1) is 10.1 Å². The van der Waals surface area contributed by atoms with E-state index >= 15 is 0 Å². The number of nitro benzene ring substituents is 1. The first-order valence-corrected chi connectivity index (χ1v) is 11.8. The number of benzene rings is 3. The van der Waals surface area contributed by atoms with Gasteiger partial charge in [-0.1, -0.05) is 26.0 Å². The number of nitro groups is 1. The first-order valence-electron chi connectivity index (χ1n) is 11.8. The SMILES string of the molecule is CC(C)c1ccc(-c2nc3cc(NC(=O)c4ccc(N5CCOCC5)c([N+](=O)[O-])c4)ccc3o2)cc1. The summed E-state index contributed by atoms with van der Waals surface area (Å²) in [6, 6.07) is 17.8. The number of fused-ring (bicyclic) bond motifs is 1. The summed E-state index contributed by atoms with van der Waals surface area (Å²) in [5.74, 6) is 0.489. The van der Waals surface area contributed by atoms with Gasteiger partial charge < -0.3 is 19.4 Å². The molecule has 0 spiro atoms. The number of hydrogen-bond donors (Lipinski definition) is 1. The van der Waals surface area contributed by atoms with Crippen molar-refractivity contribution in [3.05, 3.63) is 81.9 Å². The van der Waals surface area contributed by atoms with E-state index in [2.05, 4.69) is 36.3 Å². The third-order valence-electron chi connectivity index (χ3n) is 6.26. The Morgan fingerprint density at radius 2 is 1.81 bits per heavy atom. The predicted molar refractivity (Wildman–Crippen MR) is 138 cm³/mol. The molecule has 3 aromatic carbocycles. The molecule has 9 heteroatoms. The highest BCUT2D eigenvalue weighted by atomic mass is 16.6. The molecular formula is C27H26N4O5. The summed E-state index contributed by atoms with van der Waals surface area (Å²) in [6.07, 6.45) is 0. The first-order chi connectivity index (χ1) is 17.4. The summed E-state index contributed by atoms with van der Waals surface area (Å²) in [5.41, 5.74) is 4.40. The molecule has 1 N–H and O–H groups in total. The van der Waals surface area contributed by atoms with E-state index in [4.69, 9.17) is 9.15 Å². The minimum atomic E-state index is -0.460. The number of hydrogen-bond acceptors (Lipinski definition) is 7. The first kappa shape index (κ1) is 23.5. The third kappa shape index (κ3) is 4.78. The van der Waals surface area contributed by atoms with Crippen LogP contribution in [0.1, 0.15) is 35.7 Å². The van der Waals surface area contributed by atoms with Crippen LogP contribution < -0.4 is 10.2 Å². The van der Waals surface area contributed by atoms with Crippen LogP contribution in [0.3, 0.4) is 0 Å². The summed E-state index contributed by atoms with van der Waals surface area (Å²) in [6.45, 7) is 6.42. The molecule has 0 unspecified atom stereocenters. The summed E-state index contributed by atoms with van der Waals surface area (Å²) < 4.78 is 11.2. The van der Waals surface area contributed by atoms with Crippen molar-refractivity contribution in [2.75, 3.05) is 36.5 Å². The van der Waals surface area contributed by atoms with Crippen molar-refractivity contribution in [3.8, 4) is 11.5 Å². The van der Waals surface area contributed by atoms with Gasteiger partial charge in [0.1, 0.15) is 11.2 Å². The van der Waals surface area contributed by atoms with Gasteiger partial charge in [0.2, 0.25) is 5.89 Å². The molecule has 0 atom stereocenters. The maximum Gasteiger partial charge on any atom is 0.293 e. The molecule has 184 valence electrons. The van der Waals surface area contributed by atoms with Crippen molar-refractivity contribution in [2.45, 2.75) is 19.8 Å². The van der Waals surface area contributed by atoms with E-state index in [1.54, 1.807) is 30.3 Å². The Labute approximate surface area is 207 Å². The fourth-order valence-corrected chi connectivity index (χ4v) is 4.23. The largest absolute Gasteiger partial charge is 0.436 e. The minimum absolute atomic E-state index is 0.107. The van der Waals surface area contributed by atoms with Crippen molar-refractivity contribution >= 4 is 34.1 Å². The van der Waals surface area contributed by atoms with Gasteiger partial charge in [-0.25, -0.2) is 4.98 Å². The zero-order valence-corrected chi connectivity index (χ0v) is 20.1. The summed E-state index contributed by atoms with van der Waals surface area (Å²) in [5, 5.41) is 14.5. The summed E-state index contributed by atoms with van der Waals surface area (Å²) in [7, 11) is 0. The number of amides is 1. The number of carbonyl (C=O) groups excluding carboxylic acids is 1. The zero-order chi connectivity index (χ0) is 25.2. The summed E-state index contributed by atoms with van der Waals surface area (Å²) >= 11 is 0. The van der Waals surface area contributed by atoms with Crippen LogP contribution in [-0.2, 0) is 4.74 Å². The fraction of sp³-hybridized carbons (Fsp3) is 0.259. The standard InChI is InChI=1S/C27H26N4O5/c1-17(2)18-3-5-19(6-4-18)27-29-22-16-21(8-10-25(22)36-27)28-26(32)20-7-9-23(24(15-20)31(33)34)30-11-13-35-14-12-30/h3-10,15-17H,11-14H2,1-2H3,(H,28,32). The Bertz CT molecular complexity index is 1420. The molecule has 4 aromatic rings. The van der Waals surface area contributed by atoms with E-state index < -0.39 is 10.8 Å². The Balaban J connectivity index is 1.36. The van der Waals surface area contributed by atoms with Crippen LogP contribution in [-0.4, -0.2) is 42.1 Å². The average molecular weight is 487 g/mol. The molecule has 1 aliphatic rings. The number of nitrogens with zero attached hydrogens (tertiary/aromatic N) is 3. The van der Waals surface area contributed by atoms with Gasteiger partial charge in [0.25, 0.3) is 11.6 Å². The molecule has 1 aliphatic heterocycles. The van der Waals surface area contributed by atoms with Crippen molar-refractivity contribution < 1.29 is 18.9 Å². The maximum atomic E-state index is 12.9. The fourth-order valence-electron chi connectivity index (χ4n) is 4.23. The number of aromatic nitrogens is 1. The van der Waals surface area contributed by atoms with E-state index in [-0.39, 0.29) is 11.3 Å². The molecule has 1 amide bonds. The van der Waals surface area contributed by atoms with Crippen molar-refractivity contribution in [1.82, 2.24) is 4.98 Å². The minimum Gasteiger partial charge on any atom is -0.436 e. The van der Waals surface area contributed by atoms with Gasteiger partial charge in [-0.2, -0.15) is 0 Å². The second-order valence-electron chi connectivity index (χ2n) is 8.99. The number of carbonyl (C=O) groups is 1. The average Bonchev–Trinajstić information content (AvgIpc) is 3.32. The molecular weight excluding hydrogens is 460 g/mol. The molecule has 0 radical (unpaired) electrons. The van der Waals surface area contributed by atoms with Crippen molar-refractivity contribution in [3.63, 3.8) is 0 Å². The monoisotopic (exact) mass is 486 g/mol. The van der Waals surface area contributed by atoms with Gasteiger partial charge >= 0.3 is 0 Å². The van der Waals surface area contributed by atoms with Crippen LogP contribution in [0.15, 0.2) is 65.1 Å². The highest BCUT2D eigenvalue weighted by Crippen LogP contribution is 2.31. The van der Waals surface area contributed by atoms with Gasteiger partial charge in [0.15, 0.2) is 5.58 Å². The third-order valence-corrected chi connectivity index (χ3v) is 6.26. The predicted octanol–water partition coefficient (Wildman–Crippen LogP) is 5.62. The van der Waals surface area contributed by atoms with Crippen LogP contribution in [0.2, 0.25) is 0 Å². The molecule has 0 aliphatic carbocycles. The highest BCUT2D eigenvalue weighted by Gasteiger charge is 2.23. The van der Waals surface area contributed by atoms with E-state index in [9.17, 15) is 14.9 Å². The number of ether oxygens (including phenoxy) is 1. The summed E-state index contributed by atoms with van der Waals surface area (Å²) in [4.78, 5) is 30.6. The molecule has 1 fully saturated rings. The molecule has 1 aromatic heterocycles. The zero-order valence-electron chi connectivity index (χ0n) is 20.1. The van der Waals surface area contributed by atoms with Crippen LogP contribution in [0.5, 0.6) is 0 Å². The maximum absolute atomic E-state index is 12.9. The van der Waals surface area contributed by atoms with Gasteiger partial charge in [-0.15, -0.1) is 0 Å². The second kappa shape index (κ2) is 9.79. The lowest BCUT2D eigenvalue weighted by molar-refractivity contribution is -0.384. The Morgan fingerprint density at radius 3 is 2.50 bits per heavy atom. The Hall–Kier alpha value is -4.24. The lowest BCUT2D eigenvalue weighted by Gasteiger charge is -2.28. The number of morpholine rings is 1. The van der Waals surface area contributed by atoms with E-state index in [1.807, 2.05) is 17.0 Å². The normalized spacial score (nSPS) is 13.8. The molecule has 1 saturated heterocycles. The van der Waals surface area contributed by atoms with E-state index in [0.717, 1.165) is 5.56 Å². The molecule has 2 heterocycles. The lowest BCUT2D eigenvalue weighted by atomic mass is 10.0. The molecule has 9 nitrogen and oxygen atoms in total. The van der Waals surface area contributed by atoms with Crippen LogP contribution >= 0.6 is 0 Å². The Morgan fingerprint density at radius 1 is 1.06 bits per heavy atom. The number of rotatable bonds is 6. The van der Waals surface area contributed by atoms with Gasteiger partial charge in [0, 0.05) is 36.0 Å². The molecule has 36 heavy (non-hydrogen) atoms. The topological polar surface area (TPSA) is 111 Å². The second-order valence-corrected chi connectivity index (χ2v) is 8.99. The number of oxazole rings is 1. The van der Waals surface area contributed by atoms with Crippen molar-refractivity contribution in [2.24, 2.45) is 0 Å². The van der Waals surface area contributed by atoms with Crippen LogP contribution in [0.4, 0.5) is 17.1 Å². The highest BCUT2D eigenvalue weighted by molar-refractivity contribution is 6.05. The quantitative estimate of drug-likeness (QED) is 0.278. The van der Waals surface area contributed by atoms with Crippen molar-refractivity contribution in [1.29, 1.82) is 0 Å². The van der Waals surface area contributed by atoms with Gasteiger partial charge in [-0.05, 0) is 53.9 Å². The van der Waals surface area contributed by atoms with E-state index in [1.165, 1.54) is 11.6 Å². The molecule has 5 rings (SSSR count). The van der Waals surface area contributed by atoms with Gasteiger partial charge in [0.05, 0.1) is 18.1 Å². The number of nitrogens with one attached hydrogen (secondary N) is 1. The molecule has 0 bridgehead atoms.